The van der Waals surface area contributed by atoms with Crippen molar-refractivity contribution in [1.29, 1.82) is 0 Å². The van der Waals surface area contributed by atoms with Gasteiger partial charge in [-0.05, 0) is 38.5 Å². The van der Waals surface area contributed by atoms with Gasteiger partial charge in [0.05, 0.1) is 17.9 Å². The Morgan fingerprint density at radius 1 is 0.553 bits per heavy atom. The van der Waals surface area contributed by atoms with Crippen LogP contribution in [-0.2, 0) is 14.9 Å². The van der Waals surface area contributed by atoms with Crippen LogP contribution in [0.2, 0.25) is 0 Å². The van der Waals surface area contributed by atoms with Gasteiger partial charge in [0.1, 0.15) is 0 Å². The molecule has 0 aliphatic rings. The van der Waals surface area contributed by atoms with Crippen LogP contribution < -0.4 is 5.32 Å². The van der Waals surface area contributed by atoms with E-state index in [1.165, 1.54) is 141 Å². The molecule has 0 saturated heterocycles. The molecule has 0 aliphatic heterocycles. The van der Waals surface area contributed by atoms with Crippen LogP contribution in [0, 0.1) is 0 Å². The number of rotatable bonds is 37. The molecule has 280 valence electrons. The number of hydrogen-bond donors (Lipinski definition) is 3. The lowest BCUT2D eigenvalue weighted by Gasteiger charge is -2.23. The molecule has 2 unspecified atom stereocenters. The number of nitrogens with one attached hydrogen (secondary N) is 1. The second-order valence-electron chi connectivity index (χ2n) is 14.3. The first kappa shape index (κ1) is 46.1. The van der Waals surface area contributed by atoms with Crippen molar-refractivity contribution in [3.63, 3.8) is 0 Å². The number of amides is 1. The lowest BCUT2D eigenvalue weighted by Crippen LogP contribution is -2.47. The lowest BCUT2D eigenvalue weighted by atomic mass is 10.0. The molecule has 0 aromatic carbocycles. The molecular weight excluding hydrogens is 607 g/mol. The van der Waals surface area contributed by atoms with Crippen molar-refractivity contribution in [2.45, 2.75) is 231 Å². The van der Waals surface area contributed by atoms with Gasteiger partial charge in [-0.2, -0.15) is 8.42 Å². The Morgan fingerprint density at radius 3 is 1.30 bits per heavy atom. The quantitative estimate of drug-likeness (QED) is 0.0343. The van der Waals surface area contributed by atoms with Crippen LogP contribution in [0.1, 0.15) is 219 Å². The van der Waals surface area contributed by atoms with Crippen molar-refractivity contribution < 1.29 is 22.9 Å². The maximum absolute atomic E-state index is 12.5. The highest BCUT2D eigenvalue weighted by atomic mass is 32.2. The molecule has 0 bridgehead atoms. The van der Waals surface area contributed by atoms with Crippen molar-refractivity contribution in [1.82, 2.24) is 5.32 Å². The fourth-order valence-electron chi connectivity index (χ4n) is 6.39. The summed E-state index contributed by atoms with van der Waals surface area (Å²) in [4.78, 5) is 12.5. The zero-order valence-electron chi connectivity index (χ0n) is 31.2. The predicted octanol–water partition coefficient (Wildman–Crippen LogP) is 11.8. The van der Waals surface area contributed by atoms with Crippen molar-refractivity contribution in [3.8, 4) is 0 Å². The second kappa shape index (κ2) is 34.9. The topological polar surface area (TPSA) is 104 Å². The minimum Gasteiger partial charge on any atom is -0.391 e. The molecule has 2 atom stereocenters. The minimum absolute atomic E-state index is 0.253. The Kier molecular flexibility index (Phi) is 34.2. The molecule has 0 aromatic rings. The van der Waals surface area contributed by atoms with Crippen molar-refractivity contribution in [3.05, 3.63) is 12.2 Å². The maximum Gasteiger partial charge on any atom is 0.266 e. The van der Waals surface area contributed by atoms with E-state index in [2.05, 4.69) is 31.3 Å². The highest BCUT2D eigenvalue weighted by Gasteiger charge is 2.26. The summed E-state index contributed by atoms with van der Waals surface area (Å²) in [7, 11) is -4.31. The molecule has 0 fully saturated rings. The van der Waals surface area contributed by atoms with Crippen LogP contribution >= 0.6 is 0 Å². The van der Waals surface area contributed by atoms with Gasteiger partial charge in [-0.25, -0.2) is 0 Å². The maximum atomic E-state index is 12.5. The Balaban J connectivity index is 3.83. The van der Waals surface area contributed by atoms with Gasteiger partial charge in [0.25, 0.3) is 10.1 Å². The number of carbonyl (C=O) groups is 1. The minimum atomic E-state index is -4.31. The average molecular weight is 686 g/mol. The van der Waals surface area contributed by atoms with Gasteiger partial charge in [-0.1, -0.05) is 187 Å². The molecule has 0 saturated carbocycles. The SMILES string of the molecule is CCCCCC/C=C\CCCCCCCC(=O)NC(CS(=O)(=O)O)C(O)CCCCCCCCCCCCCCCCCCCCC. The summed E-state index contributed by atoms with van der Waals surface area (Å²) >= 11 is 0. The van der Waals surface area contributed by atoms with E-state index in [1.54, 1.807) is 0 Å². The number of carbonyl (C=O) groups excluding carboxylic acids is 1. The summed E-state index contributed by atoms with van der Waals surface area (Å²) in [6.07, 6.45) is 41.6. The summed E-state index contributed by atoms with van der Waals surface area (Å²) in [5, 5.41) is 13.3. The van der Waals surface area contributed by atoms with Gasteiger partial charge < -0.3 is 10.4 Å². The van der Waals surface area contributed by atoms with E-state index < -0.39 is 28.0 Å². The number of hydrogen-bond acceptors (Lipinski definition) is 4. The predicted molar refractivity (Wildman–Crippen MR) is 203 cm³/mol. The van der Waals surface area contributed by atoms with E-state index in [-0.39, 0.29) is 5.91 Å². The van der Waals surface area contributed by atoms with E-state index in [4.69, 9.17) is 0 Å². The standard InChI is InChI=1S/C40H79NO5S/c1-3-5-7-9-11-13-15-17-18-19-20-21-22-24-25-27-29-31-33-35-39(42)38(37-47(44,45)46)41-40(43)36-34-32-30-28-26-23-16-14-12-10-8-6-4-2/h14,16,38-39,42H,3-13,15,17-37H2,1-2H3,(H,41,43)(H,44,45,46)/b16-14-. The third-order valence-corrected chi connectivity index (χ3v) is 10.3. The summed E-state index contributed by atoms with van der Waals surface area (Å²) in [5.41, 5.74) is 0. The average Bonchev–Trinajstić information content (AvgIpc) is 3.03. The van der Waals surface area contributed by atoms with E-state index in [1.807, 2.05) is 0 Å². The van der Waals surface area contributed by atoms with Crippen molar-refractivity contribution in [2.24, 2.45) is 0 Å². The summed E-state index contributed by atoms with van der Waals surface area (Å²) in [6.45, 7) is 4.51. The zero-order valence-corrected chi connectivity index (χ0v) is 32.0. The molecule has 1 amide bonds. The molecule has 0 radical (unpaired) electrons. The smallest absolute Gasteiger partial charge is 0.266 e. The summed E-state index contributed by atoms with van der Waals surface area (Å²) in [6, 6.07) is -0.971. The fraction of sp³-hybridized carbons (Fsp3) is 0.925. The van der Waals surface area contributed by atoms with Crippen molar-refractivity contribution in [2.75, 3.05) is 5.75 Å². The molecule has 0 spiro atoms. The first-order chi connectivity index (χ1) is 22.8. The van der Waals surface area contributed by atoms with Gasteiger partial charge in [0.15, 0.2) is 0 Å². The summed E-state index contributed by atoms with van der Waals surface area (Å²) < 4.78 is 32.5. The van der Waals surface area contributed by atoms with E-state index >= 15 is 0 Å². The van der Waals surface area contributed by atoms with Crippen LogP contribution in [0.3, 0.4) is 0 Å². The molecule has 0 aromatic heterocycles. The first-order valence-electron chi connectivity index (χ1n) is 20.4. The van der Waals surface area contributed by atoms with E-state index in [0.717, 1.165) is 51.4 Å². The van der Waals surface area contributed by atoms with Crippen LogP contribution in [-0.4, -0.2) is 41.9 Å². The largest absolute Gasteiger partial charge is 0.391 e. The Morgan fingerprint density at radius 2 is 0.894 bits per heavy atom. The molecule has 0 rings (SSSR count). The first-order valence-corrected chi connectivity index (χ1v) is 22.0. The molecule has 0 heterocycles. The molecule has 3 N–H and O–H groups in total. The van der Waals surface area contributed by atoms with Gasteiger partial charge in [0.2, 0.25) is 5.91 Å². The Labute approximate surface area is 292 Å². The fourth-order valence-corrected chi connectivity index (χ4v) is 7.15. The number of allylic oxidation sites excluding steroid dienone is 2. The Bertz CT molecular complexity index is 800. The van der Waals surface area contributed by atoms with Crippen molar-refractivity contribution >= 4 is 16.0 Å². The second-order valence-corrected chi connectivity index (χ2v) is 15.8. The lowest BCUT2D eigenvalue weighted by molar-refractivity contribution is -0.122. The Hall–Kier alpha value is -0.920. The number of aliphatic hydroxyl groups excluding tert-OH is 1. The third kappa shape index (κ3) is 36.2. The van der Waals surface area contributed by atoms with Crippen LogP contribution in [0.5, 0.6) is 0 Å². The van der Waals surface area contributed by atoms with Crippen LogP contribution in [0.4, 0.5) is 0 Å². The zero-order chi connectivity index (χ0) is 34.7. The van der Waals surface area contributed by atoms with E-state index in [9.17, 15) is 22.9 Å². The van der Waals surface area contributed by atoms with Gasteiger partial charge in [0, 0.05) is 6.42 Å². The van der Waals surface area contributed by atoms with Gasteiger partial charge >= 0.3 is 0 Å². The molecule has 6 nitrogen and oxygen atoms in total. The van der Waals surface area contributed by atoms with E-state index in [0.29, 0.717) is 12.8 Å². The highest BCUT2D eigenvalue weighted by molar-refractivity contribution is 7.85. The molecule has 47 heavy (non-hydrogen) atoms. The monoisotopic (exact) mass is 686 g/mol. The van der Waals surface area contributed by atoms with Crippen LogP contribution in [0.15, 0.2) is 12.2 Å². The third-order valence-electron chi connectivity index (χ3n) is 9.47. The number of aliphatic hydroxyl groups is 1. The van der Waals surface area contributed by atoms with Gasteiger partial charge in [-0.15, -0.1) is 0 Å². The summed E-state index contributed by atoms with van der Waals surface area (Å²) in [5.74, 6) is -0.901. The molecular formula is C40H79NO5S. The molecule has 7 heteroatoms. The molecule has 0 aliphatic carbocycles. The normalized spacial score (nSPS) is 13.4. The number of unbranched alkanes of at least 4 members (excludes halogenated alkanes) is 27. The van der Waals surface area contributed by atoms with Gasteiger partial charge in [-0.3, -0.25) is 9.35 Å². The highest BCUT2D eigenvalue weighted by Crippen LogP contribution is 2.16. The van der Waals surface area contributed by atoms with Crippen LogP contribution in [0.25, 0.3) is 0 Å².